The summed E-state index contributed by atoms with van der Waals surface area (Å²) < 4.78 is 0. The molecule has 1 aromatic carbocycles. The molecule has 2 aromatic rings. The third-order valence-electron chi connectivity index (χ3n) is 4.36. The van der Waals surface area contributed by atoms with Crippen molar-refractivity contribution in [2.45, 2.75) is 20.4 Å². The molecule has 3 rings (SSSR count). The van der Waals surface area contributed by atoms with Crippen molar-refractivity contribution >= 4 is 5.91 Å². The molecule has 0 bridgehead atoms. The fourth-order valence-electron chi connectivity index (χ4n) is 2.79. The molecule has 0 unspecified atom stereocenters. The van der Waals surface area contributed by atoms with Gasteiger partial charge in [0.2, 0.25) is 0 Å². The monoisotopic (exact) mass is 298 g/mol. The highest BCUT2D eigenvalue weighted by atomic mass is 16.2. The van der Waals surface area contributed by atoms with Crippen molar-refractivity contribution in [3.05, 3.63) is 52.8 Å². The van der Waals surface area contributed by atoms with E-state index in [1.54, 1.807) is 0 Å². The predicted molar refractivity (Wildman–Crippen MR) is 85.7 cm³/mol. The maximum Gasteiger partial charge on any atom is 0.274 e. The van der Waals surface area contributed by atoms with Crippen LogP contribution in [0.15, 0.2) is 30.3 Å². The van der Waals surface area contributed by atoms with Crippen LogP contribution in [0.5, 0.6) is 0 Å². The summed E-state index contributed by atoms with van der Waals surface area (Å²) in [6.07, 6.45) is 0. The molecular weight excluding hydrogens is 276 g/mol. The van der Waals surface area contributed by atoms with Crippen molar-refractivity contribution in [3.8, 4) is 0 Å². The number of aromatic amines is 1. The molecule has 1 fully saturated rings. The molecular formula is C17H22N4O. The molecule has 1 aliphatic rings. The van der Waals surface area contributed by atoms with Crippen LogP contribution in [-0.4, -0.2) is 52.1 Å². The predicted octanol–water partition coefficient (Wildman–Crippen LogP) is 1.98. The molecule has 1 N–H and O–H groups in total. The minimum absolute atomic E-state index is 0.0428. The van der Waals surface area contributed by atoms with Crippen molar-refractivity contribution in [2.24, 2.45) is 0 Å². The molecule has 116 valence electrons. The number of nitrogens with zero attached hydrogens (tertiary/aromatic N) is 3. The van der Waals surface area contributed by atoms with Gasteiger partial charge in [0.1, 0.15) is 0 Å². The molecule has 5 heteroatoms. The lowest BCUT2D eigenvalue weighted by Gasteiger charge is -2.34. The number of aromatic nitrogens is 2. The zero-order valence-corrected chi connectivity index (χ0v) is 13.2. The van der Waals surface area contributed by atoms with E-state index in [0.29, 0.717) is 5.69 Å². The van der Waals surface area contributed by atoms with E-state index in [0.717, 1.165) is 44.0 Å². The van der Waals surface area contributed by atoms with Gasteiger partial charge in [0.25, 0.3) is 5.91 Å². The van der Waals surface area contributed by atoms with Crippen LogP contribution in [0.2, 0.25) is 0 Å². The SMILES string of the molecule is Cc1[nH]nc(C(=O)N2CCN(Cc3ccccc3)CC2)c1C. The van der Waals surface area contributed by atoms with Gasteiger partial charge in [-0.3, -0.25) is 14.8 Å². The zero-order chi connectivity index (χ0) is 15.5. The topological polar surface area (TPSA) is 52.2 Å². The van der Waals surface area contributed by atoms with Crippen molar-refractivity contribution in [2.75, 3.05) is 26.2 Å². The summed E-state index contributed by atoms with van der Waals surface area (Å²) in [7, 11) is 0. The number of nitrogens with one attached hydrogen (secondary N) is 1. The minimum Gasteiger partial charge on any atom is -0.335 e. The molecule has 0 aliphatic carbocycles. The van der Waals surface area contributed by atoms with Crippen molar-refractivity contribution < 1.29 is 4.79 Å². The van der Waals surface area contributed by atoms with Gasteiger partial charge in [0.05, 0.1) is 0 Å². The van der Waals surface area contributed by atoms with Gasteiger partial charge in [-0.2, -0.15) is 5.10 Å². The summed E-state index contributed by atoms with van der Waals surface area (Å²) >= 11 is 0. The van der Waals surface area contributed by atoms with E-state index in [2.05, 4.69) is 39.4 Å². The van der Waals surface area contributed by atoms with Crippen LogP contribution in [0.4, 0.5) is 0 Å². The first kappa shape index (κ1) is 14.8. The third-order valence-corrected chi connectivity index (χ3v) is 4.36. The minimum atomic E-state index is 0.0428. The Morgan fingerprint density at radius 3 is 2.41 bits per heavy atom. The summed E-state index contributed by atoms with van der Waals surface area (Å²) in [6.45, 7) is 8.16. The van der Waals surface area contributed by atoms with E-state index in [4.69, 9.17) is 0 Å². The summed E-state index contributed by atoms with van der Waals surface area (Å²) in [5.41, 5.74) is 3.80. The first-order chi connectivity index (χ1) is 10.6. The summed E-state index contributed by atoms with van der Waals surface area (Å²) in [5.74, 6) is 0.0428. The number of carbonyl (C=O) groups is 1. The van der Waals surface area contributed by atoms with Gasteiger partial charge < -0.3 is 4.90 Å². The fraction of sp³-hybridized carbons (Fsp3) is 0.412. The molecule has 1 amide bonds. The number of rotatable bonds is 3. The second-order valence-electron chi connectivity index (χ2n) is 5.88. The van der Waals surface area contributed by atoms with Crippen molar-refractivity contribution in [3.63, 3.8) is 0 Å². The van der Waals surface area contributed by atoms with Gasteiger partial charge in [-0.1, -0.05) is 30.3 Å². The van der Waals surface area contributed by atoms with Crippen LogP contribution < -0.4 is 0 Å². The Hall–Kier alpha value is -2.14. The van der Waals surface area contributed by atoms with Crippen molar-refractivity contribution in [1.82, 2.24) is 20.0 Å². The molecule has 1 aromatic heterocycles. The summed E-state index contributed by atoms with van der Waals surface area (Å²) in [4.78, 5) is 16.8. The van der Waals surface area contributed by atoms with Crippen LogP contribution in [0.25, 0.3) is 0 Å². The fourth-order valence-corrected chi connectivity index (χ4v) is 2.79. The van der Waals surface area contributed by atoms with Gasteiger partial charge in [-0.15, -0.1) is 0 Å². The van der Waals surface area contributed by atoms with E-state index in [1.165, 1.54) is 5.56 Å². The first-order valence-electron chi connectivity index (χ1n) is 7.72. The van der Waals surface area contributed by atoms with Crippen LogP contribution in [0.1, 0.15) is 27.3 Å². The lowest BCUT2D eigenvalue weighted by atomic mass is 10.1. The summed E-state index contributed by atoms with van der Waals surface area (Å²) in [5, 5.41) is 7.04. The first-order valence-corrected chi connectivity index (χ1v) is 7.72. The van der Waals surface area contributed by atoms with E-state index < -0.39 is 0 Å². The van der Waals surface area contributed by atoms with Crippen LogP contribution in [0, 0.1) is 13.8 Å². The van der Waals surface area contributed by atoms with Crippen LogP contribution in [-0.2, 0) is 6.54 Å². The van der Waals surface area contributed by atoms with Gasteiger partial charge in [0.15, 0.2) is 5.69 Å². The maximum atomic E-state index is 12.5. The number of benzene rings is 1. The van der Waals surface area contributed by atoms with Gasteiger partial charge in [0, 0.05) is 44.0 Å². The molecule has 0 radical (unpaired) electrons. The number of carbonyl (C=O) groups excluding carboxylic acids is 1. The highest BCUT2D eigenvalue weighted by molar-refractivity contribution is 5.94. The van der Waals surface area contributed by atoms with Crippen LogP contribution >= 0.6 is 0 Å². The number of amides is 1. The molecule has 1 saturated heterocycles. The highest BCUT2D eigenvalue weighted by Crippen LogP contribution is 2.14. The van der Waals surface area contributed by atoms with E-state index in [-0.39, 0.29) is 5.91 Å². The molecule has 1 aliphatic heterocycles. The third kappa shape index (κ3) is 3.04. The Morgan fingerprint density at radius 1 is 1.14 bits per heavy atom. The Morgan fingerprint density at radius 2 is 1.82 bits per heavy atom. The number of H-pyrrole nitrogens is 1. The Kier molecular flexibility index (Phi) is 4.24. The van der Waals surface area contributed by atoms with Gasteiger partial charge in [-0.25, -0.2) is 0 Å². The van der Waals surface area contributed by atoms with Crippen LogP contribution in [0.3, 0.4) is 0 Å². The lowest BCUT2D eigenvalue weighted by molar-refractivity contribution is 0.0622. The van der Waals surface area contributed by atoms with Crippen molar-refractivity contribution in [1.29, 1.82) is 0 Å². The highest BCUT2D eigenvalue weighted by Gasteiger charge is 2.25. The quantitative estimate of drug-likeness (QED) is 0.943. The Balaban J connectivity index is 1.57. The number of hydrogen-bond donors (Lipinski definition) is 1. The van der Waals surface area contributed by atoms with Gasteiger partial charge >= 0.3 is 0 Å². The van der Waals surface area contributed by atoms with E-state index in [1.807, 2.05) is 24.8 Å². The maximum absolute atomic E-state index is 12.5. The Bertz CT molecular complexity index is 642. The Labute approximate surface area is 130 Å². The molecule has 0 saturated carbocycles. The molecule has 0 atom stereocenters. The van der Waals surface area contributed by atoms with E-state index >= 15 is 0 Å². The molecule has 0 spiro atoms. The normalized spacial score (nSPS) is 16.0. The second kappa shape index (κ2) is 6.32. The average Bonchev–Trinajstić information content (AvgIpc) is 2.88. The number of aryl methyl sites for hydroxylation is 1. The number of piperazine rings is 1. The molecule has 2 heterocycles. The number of hydrogen-bond acceptors (Lipinski definition) is 3. The van der Waals surface area contributed by atoms with Gasteiger partial charge in [-0.05, 0) is 19.4 Å². The smallest absolute Gasteiger partial charge is 0.274 e. The summed E-state index contributed by atoms with van der Waals surface area (Å²) in [6, 6.07) is 10.5. The van der Waals surface area contributed by atoms with E-state index in [9.17, 15) is 4.79 Å². The lowest BCUT2D eigenvalue weighted by Crippen LogP contribution is -2.48. The molecule has 5 nitrogen and oxygen atoms in total. The largest absolute Gasteiger partial charge is 0.335 e. The zero-order valence-electron chi connectivity index (χ0n) is 13.2. The standard InChI is InChI=1S/C17H22N4O/c1-13-14(2)18-19-16(13)17(22)21-10-8-20(9-11-21)12-15-6-4-3-5-7-15/h3-7H,8-12H2,1-2H3,(H,18,19). The average molecular weight is 298 g/mol. The second-order valence-corrected chi connectivity index (χ2v) is 5.88. The molecule has 22 heavy (non-hydrogen) atoms.